The fourth-order valence-electron chi connectivity index (χ4n) is 2.77. The second kappa shape index (κ2) is 7.01. The van der Waals surface area contributed by atoms with E-state index >= 15 is 0 Å². The van der Waals surface area contributed by atoms with Crippen LogP contribution in [-0.2, 0) is 0 Å². The molecule has 0 saturated carbocycles. The van der Waals surface area contributed by atoms with E-state index in [0.717, 1.165) is 0 Å². The molecule has 1 saturated heterocycles. The molecule has 1 fully saturated rings. The monoisotopic (exact) mass is 347 g/mol. The van der Waals surface area contributed by atoms with E-state index in [4.69, 9.17) is 16.3 Å². The molecule has 0 radical (unpaired) electrons. The van der Waals surface area contributed by atoms with E-state index in [1.54, 1.807) is 11.0 Å². The SMILES string of the molecule is O=C(c1cccc(O)c1O)N1CCC(Oc2ccccc2Cl)CC1. The summed E-state index contributed by atoms with van der Waals surface area (Å²) in [5.41, 5.74) is 0.112. The standard InChI is InChI=1S/C18H18ClNO4/c19-14-5-1-2-7-16(14)24-12-8-10-20(11-9-12)18(23)13-4-3-6-15(21)17(13)22/h1-7,12,21-22H,8-11H2. The van der Waals surface area contributed by atoms with Crippen LogP contribution in [0.25, 0.3) is 0 Å². The molecule has 3 rings (SSSR count). The van der Waals surface area contributed by atoms with Crippen molar-refractivity contribution in [1.82, 2.24) is 4.90 Å². The first kappa shape index (κ1) is 16.5. The summed E-state index contributed by atoms with van der Waals surface area (Å²) in [5.74, 6) is -0.316. The molecule has 1 heterocycles. The maximum Gasteiger partial charge on any atom is 0.257 e. The van der Waals surface area contributed by atoms with Crippen molar-refractivity contribution in [3.8, 4) is 17.2 Å². The quantitative estimate of drug-likeness (QED) is 0.834. The predicted octanol–water partition coefficient (Wildman–Crippen LogP) is 3.43. The van der Waals surface area contributed by atoms with Crippen LogP contribution in [0.3, 0.4) is 0 Å². The summed E-state index contributed by atoms with van der Waals surface area (Å²) in [6.07, 6.45) is 1.35. The fraction of sp³-hybridized carbons (Fsp3) is 0.278. The van der Waals surface area contributed by atoms with E-state index in [2.05, 4.69) is 0 Å². The number of halogens is 1. The number of likely N-dealkylation sites (tertiary alicyclic amines) is 1. The Morgan fingerprint density at radius 1 is 1.08 bits per heavy atom. The minimum absolute atomic E-state index is 0.00766. The molecule has 2 aromatic carbocycles. The molecule has 126 valence electrons. The maximum absolute atomic E-state index is 12.5. The Bertz CT molecular complexity index is 742. The molecule has 6 heteroatoms. The summed E-state index contributed by atoms with van der Waals surface area (Å²) in [7, 11) is 0. The molecular weight excluding hydrogens is 330 g/mol. The molecular formula is C18H18ClNO4. The summed E-state index contributed by atoms with van der Waals surface area (Å²) in [6.45, 7) is 1.03. The van der Waals surface area contributed by atoms with Crippen molar-refractivity contribution in [3.63, 3.8) is 0 Å². The second-order valence-electron chi connectivity index (χ2n) is 5.71. The first-order valence-corrected chi connectivity index (χ1v) is 8.15. The maximum atomic E-state index is 12.5. The van der Waals surface area contributed by atoms with Gasteiger partial charge in [0, 0.05) is 25.9 Å². The molecule has 1 aliphatic rings. The molecule has 2 aromatic rings. The summed E-state index contributed by atoms with van der Waals surface area (Å²) < 4.78 is 5.90. The number of para-hydroxylation sites is 2. The molecule has 1 aliphatic heterocycles. The molecule has 0 unspecified atom stereocenters. The Balaban J connectivity index is 1.62. The number of phenols is 2. The van der Waals surface area contributed by atoms with Crippen LogP contribution in [-0.4, -0.2) is 40.2 Å². The van der Waals surface area contributed by atoms with E-state index < -0.39 is 0 Å². The number of carbonyl (C=O) groups is 1. The van der Waals surface area contributed by atoms with E-state index in [0.29, 0.717) is 36.7 Å². The van der Waals surface area contributed by atoms with Gasteiger partial charge in [0.05, 0.1) is 10.6 Å². The van der Waals surface area contributed by atoms with Crippen molar-refractivity contribution >= 4 is 17.5 Å². The Labute approximate surface area is 145 Å². The van der Waals surface area contributed by atoms with Crippen LogP contribution in [0.15, 0.2) is 42.5 Å². The lowest BCUT2D eigenvalue weighted by Crippen LogP contribution is -2.41. The van der Waals surface area contributed by atoms with Crippen LogP contribution in [0.1, 0.15) is 23.2 Å². The normalized spacial score (nSPS) is 15.3. The first-order chi connectivity index (χ1) is 11.6. The summed E-state index contributed by atoms with van der Waals surface area (Å²) in [4.78, 5) is 14.1. The van der Waals surface area contributed by atoms with Gasteiger partial charge in [-0.15, -0.1) is 0 Å². The summed E-state index contributed by atoms with van der Waals surface area (Å²) in [5, 5.41) is 19.9. The van der Waals surface area contributed by atoms with E-state index in [-0.39, 0.29) is 29.1 Å². The highest BCUT2D eigenvalue weighted by molar-refractivity contribution is 6.32. The van der Waals surface area contributed by atoms with Crippen molar-refractivity contribution in [2.45, 2.75) is 18.9 Å². The van der Waals surface area contributed by atoms with Gasteiger partial charge in [0.1, 0.15) is 11.9 Å². The number of ether oxygens (including phenoxy) is 1. The molecule has 0 atom stereocenters. The Kier molecular flexibility index (Phi) is 4.81. The number of carbonyl (C=O) groups excluding carboxylic acids is 1. The average molecular weight is 348 g/mol. The number of phenolic OH excluding ortho intramolecular Hbond substituents is 2. The number of rotatable bonds is 3. The molecule has 0 bridgehead atoms. The van der Waals surface area contributed by atoms with Gasteiger partial charge in [0.25, 0.3) is 5.91 Å². The molecule has 0 spiro atoms. The van der Waals surface area contributed by atoms with Gasteiger partial charge in [-0.25, -0.2) is 0 Å². The van der Waals surface area contributed by atoms with Crippen molar-refractivity contribution in [3.05, 3.63) is 53.1 Å². The van der Waals surface area contributed by atoms with Gasteiger partial charge in [0.15, 0.2) is 11.5 Å². The van der Waals surface area contributed by atoms with Crippen LogP contribution < -0.4 is 4.74 Å². The third-order valence-corrected chi connectivity index (χ3v) is 4.42. The van der Waals surface area contributed by atoms with Gasteiger partial charge < -0.3 is 19.8 Å². The zero-order chi connectivity index (χ0) is 17.1. The molecule has 0 aliphatic carbocycles. The van der Waals surface area contributed by atoms with Gasteiger partial charge >= 0.3 is 0 Å². The van der Waals surface area contributed by atoms with Gasteiger partial charge in [-0.3, -0.25) is 4.79 Å². The second-order valence-corrected chi connectivity index (χ2v) is 6.12. The number of piperidine rings is 1. The molecule has 2 N–H and O–H groups in total. The Morgan fingerprint density at radius 3 is 2.50 bits per heavy atom. The third kappa shape index (κ3) is 3.41. The minimum Gasteiger partial charge on any atom is -0.504 e. The minimum atomic E-state index is -0.378. The summed E-state index contributed by atoms with van der Waals surface area (Å²) >= 11 is 6.09. The topological polar surface area (TPSA) is 70.0 Å². The van der Waals surface area contributed by atoms with E-state index in [9.17, 15) is 15.0 Å². The van der Waals surface area contributed by atoms with Crippen molar-refractivity contribution in [2.75, 3.05) is 13.1 Å². The van der Waals surface area contributed by atoms with Gasteiger partial charge in [-0.05, 0) is 24.3 Å². The Morgan fingerprint density at radius 2 is 1.79 bits per heavy atom. The van der Waals surface area contributed by atoms with Crippen LogP contribution in [0.2, 0.25) is 5.02 Å². The lowest BCUT2D eigenvalue weighted by molar-refractivity contribution is 0.0592. The van der Waals surface area contributed by atoms with E-state index in [1.807, 2.05) is 18.2 Å². The lowest BCUT2D eigenvalue weighted by atomic mass is 10.1. The Hall–Kier alpha value is -2.40. The molecule has 5 nitrogen and oxygen atoms in total. The lowest BCUT2D eigenvalue weighted by Gasteiger charge is -2.32. The van der Waals surface area contributed by atoms with E-state index in [1.165, 1.54) is 18.2 Å². The zero-order valence-electron chi connectivity index (χ0n) is 13.0. The van der Waals surface area contributed by atoms with Crippen LogP contribution >= 0.6 is 11.6 Å². The van der Waals surface area contributed by atoms with Crippen molar-refractivity contribution in [2.24, 2.45) is 0 Å². The van der Waals surface area contributed by atoms with Crippen LogP contribution in [0.4, 0.5) is 0 Å². The van der Waals surface area contributed by atoms with Gasteiger partial charge in [-0.2, -0.15) is 0 Å². The van der Waals surface area contributed by atoms with Gasteiger partial charge in [-0.1, -0.05) is 29.8 Å². The molecule has 1 amide bonds. The number of hydrogen-bond donors (Lipinski definition) is 2. The smallest absolute Gasteiger partial charge is 0.257 e. The number of hydrogen-bond acceptors (Lipinski definition) is 4. The highest BCUT2D eigenvalue weighted by atomic mass is 35.5. The number of benzene rings is 2. The van der Waals surface area contributed by atoms with Gasteiger partial charge in [0.2, 0.25) is 0 Å². The first-order valence-electron chi connectivity index (χ1n) is 7.77. The van der Waals surface area contributed by atoms with Crippen LogP contribution in [0.5, 0.6) is 17.2 Å². The highest BCUT2D eigenvalue weighted by Crippen LogP contribution is 2.31. The summed E-state index contributed by atoms with van der Waals surface area (Å²) in [6, 6.07) is 11.7. The van der Waals surface area contributed by atoms with Crippen molar-refractivity contribution in [1.29, 1.82) is 0 Å². The number of nitrogens with zero attached hydrogens (tertiary/aromatic N) is 1. The zero-order valence-corrected chi connectivity index (χ0v) is 13.7. The number of aromatic hydroxyl groups is 2. The molecule has 24 heavy (non-hydrogen) atoms. The third-order valence-electron chi connectivity index (χ3n) is 4.10. The van der Waals surface area contributed by atoms with Crippen LogP contribution in [0, 0.1) is 0 Å². The average Bonchev–Trinajstić information content (AvgIpc) is 2.59. The van der Waals surface area contributed by atoms with Crippen molar-refractivity contribution < 1.29 is 19.7 Å². The highest BCUT2D eigenvalue weighted by Gasteiger charge is 2.27. The largest absolute Gasteiger partial charge is 0.504 e. The number of amides is 1. The predicted molar refractivity (Wildman–Crippen MR) is 90.8 cm³/mol. The molecule has 0 aromatic heterocycles. The fourth-order valence-corrected chi connectivity index (χ4v) is 2.95.